The van der Waals surface area contributed by atoms with Crippen LogP contribution in [0.4, 0.5) is 0 Å². The second-order valence-corrected chi connectivity index (χ2v) is 3.52. The summed E-state index contributed by atoms with van der Waals surface area (Å²) in [5.74, 6) is 0. The van der Waals surface area contributed by atoms with Gasteiger partial charge in [0, 0.05) is 6.42 Å². The van der Waals surface area contributed by atoms with E-state index in [1.165, 1.54) is 6.33 Å². The molecule has 1 N–H and O–H groups in total. The smallest absolute Gasteiger partial charge is 0.180 e. The van der Waals surface area contributed by atoms with Gasteiger partial charge in [0.05, 0.1) is 12.5 Å². The minimum atomic E-state index is 0.529. The van der Waals surface area contributed by atoms with Gasteiger partial charge in [-0.15, -0.1) is 0 Å². The van der Waals surface area contributed by atoms with Crippen molar-refractivity contribution in [1.82, 2.24) is 19.9 Å². The molecule has 3 rings (SSSR count). The van der Waals surface area contributed by atoms with Gasteiger partial charge in [0.2, 0.25) is 0 Å². The molecule has 5 nitrogen and oxygen atoms in total. The van der Waals surface area contributed by atoms with Crippen LogP contribution in [-0.4, -0.2) is 26.2 Å². The van der Waals surface area contributed by atoms with Gasteiger partial charge in [-0.05, 0) is 5.56 Å². The van der Waals surface area contributed by atoms with Gasteiger partial charge < -0.3 is 9.78 Å². The Bertz CT molecular complexity index is 576. The molecule has 3 aromatic rings. The van der Waals surface area contributed by atoms with Crippen LogP contribution >= 0.6 is 0 Å². The van der Waals surface area contributed by atoms with Crippen molar-refractivity contribution in [2.24, 2.45) is 0 Å². The molecule has 90 valence electrons. The summed E-state index contributed by atoms with van der Waals surface area (Å²) in [6.45, 7) is 0. The number of H-pyrrole nitrogens is 1. The number of carbonyl (C=O) groups excluding carboxylic acids is 1. The zero-order valence-electron chi connectivity index (χ0n) is 9.65. The minimum Gasteiger partial charge on any atom is -0.342 e. The lowest BCUT2D eigenvalue weighted by Gasteiger charge is -1.89. The maximum Gasteiger partial charge on any atom is 0.180 e. The van der Waals surface area contributed by atoms with Crippen LogP contribution in [0.1, 0.15) is 5.56 Å². The number of rotatable bonds is 2. The number of benzene rings is 1. The Balaban J connectivity index is 0.000000134. The molecule has 2 aromatic heterocycles. The van der Waals surface area contributed by atoms with Crippen LogP contribution in [0, 0.1) is 0 Å². The second-order valence-electron chi connectivity index (χ2n) is 3.52. The van der Waals surface area contributed by atoms with Gasteiger partial charge in [-0.25, -0.2) is 15.0 Å². The second kappa shape index (κ2) is 6.24. The van der Waals surface area contributed by atoms with Crippen molar-refractivity contribution in [1.29, 1.82) is 0 Å². The summed E-state index contributed by atoms with van der Waals surface area (Å²) in [5, 5.41) is 0. The van der Waals surface area contributed by atoms with Crippen LogP contribution in [0.25, 0.3) is 11.2 Å². The fraction of sp³-hybridized carbons (Fsp3) is 0.0769. The molecule has 2 heterocycles. The number of hydrogen-bond acceptors (Lipinski definition) is 4. The molecule has 0 aliphatic rings. The van der Waals surface area contributed by atoms with Gasteiger partial charge in [0.1, 0.15) is 18.1 Å². The van der Waals surface area contributed by atoms with Crippen molar-refractivity contribution < 1.29 is 4.79 Å². The molecule has 0 saturated heterocycles. The van der Waals surface area contributed by atoms with Gasteiger partial charge in [-0.2, -0.15) is 0 Å². The summed E-state index contributed by atoms with van der Waals surface area (Å²) in [6.07, 6.45) is 6.20. The molecule has 0 fully saturated rings. The molecule has 0 amide bonds. The fourth-order valence-electron chi connectivity index (χ4n) is 1.40. The SMILES string of the molecule is O=CCc1ccccc1.c1ncc2[nH]cnc2n1. The number of nitrogens with one attached hydrogen (secondary N) is 1. The lowest BCUT2D eigenvalue weighted by atomic mass is 10.2. The predicted octanol–water partition coefficient (Wildman–Crippen LogP) is 1.78. The Morgan fingerprint density at radius 3 is 2.72 bits per heavy atom. The Kier molecular flexibility index (Phi) is 4.13. The fourth-order valence-corrected chi connectivity index (χ4v) is 1.40. The topological polar surface area (TPSA) is 71.5 Å². The zero-order chi connectivity index (χ0) is 12.6. The van der Waals surface area contributed by atoms with Crippen LogP contribution in [0.3, 0.4) is 0 Å². The predicted molar refractivity (Wildman–Crippen MR) is 67.9 cm³/mol. The Hall–Kier alpha value is -2.56. The molecule has 0 saturated carbocycles. The van der Waals surface area contributed by atoms with E-state index in [-0.39, 0.29) is 0 Å². The highest BCUT2D eigenvalue weighted by atomic mass is 16.1. The highest BCUT2D eigenvalue weighted by Crippen LogP contribution is 1.99. The number of nitrogens with zero attached hydrogens (tertiary/aromatic N) is 3. The molecule has 1 aromatic carbocycles. The van der Waals surface area contributed by atoms with Crippen LogP contribution in [-0.2, 0) is 11.2 Å². The molecule has 0 aliphatic heterocycles. The lowest BCUT2D eigenvalue weighted by Crippen LogP contribution is -1.82. The van der Waals surface area contributed by atoms with Crippen molar-refractivity contribution >= 4 is 17.5 Å². The summed E-state index contributed by atoms with van der Waals surface area (Å²) in [6, 6.07) is 9.68. The summed E-state index contributed by atoms with van der Waals surface area (Å²) >= 11 is 0. The van der Waals surface area contributed by atoms with E-state index in [1.54, 1.807) is 12.5 Å². The first-order chi connectivity index (χ1) is 8.90. The normalized spacial score (nSPS) is 9.56. The van der Waals surface area contributed by atoms with Gasteiger partial charge >= 0.3 is 0 Å². The van der Waals surface area contributed by atoms with Crippen LogP contribution in [0.5, 0.6) is 0 Å². The maximum absolute atomic E-state index is 9.97. The van der Waals surface area contributed by atoms with Crippen molar-refractivity contribution in [2.75, 3.05) is 0 Å². The molecule has 0 spiro atoms. The molecule has 0 atom stereocenters. The number of carbonyl (C=O) groups is 1. The third kappa shape index (κ3) is 3.21. The monoisotopic (exact) mass is 240 g/mol. The standard InChI is InChI=1S/C8H8O.C5H4N4/c9-7-6-8-4-2-1-3-5-8;1-4-5(8-2-6-1)9-3-7-4/h1-5,7H,6H2;1-3H,(H,6,7,8,9). The van der Waals surface area contributed by atoms with Crippen LogP contribution in [0.15, 0.2) is 49.2 Å². The molecule has 0 unspecified atom stereocenters. The lowest BCUT2D eigenvalue weighted by molar-refractivity contribution is -0.107. The molecule has 0 radical (unpaired) electrons. The van der Waals surface area contributed by atoms with Crippen LogP contribution in [0.2, 0.25) is 0 Å². The Labute approximate surface area is 104 Å². The average Bonchev–Trinajstić information content (AvgIpc) is 2.89. The van der Waals surface area contributed by atoms with Crippen LogP contribution < -0.4 is 0 Å². The maximum atomic E-state index is 9.97. The van der Waals surface area contributed by atoms with E-state index >= 15 is 0 Å². The summed E-state index contributed by atoms with van der Waals surface area (Å²) in [4.78, 5) is 24.5. The summed E-state index contributed by atoms with van der Waals surface area (Å²) in [7, 11) is 0. The number of aldehydes is 1. The Morgan fingerprint density at radius 2 is 2.00 bits per heavy atom. The molecular formula is C13H12N4O. The molecular weight excluding hydrogens is 228 g/mol. The minimum absolute atomic E-state index is 0.529. The van der Waals surface area contributed by atoms with Crippen molar-refractivity contribution in [2.45, 2.75) is 6.42 Å². The van der Waals surface area contributed by atoms with E-state index in [2.05, 4.69) is 19.9 Å². The summed E-state index contributed by atoms with van der Waals surface area (Å²) in [5.41, 5.74) is 2.66. The number of fused-ring (bicyclic) bond motifs is 1. The number of hydrogen-bond donors (Lipinski definition) is 1. The quantitative estimate of drug-likeness (QED) is 0.693. The van der Waals surface area contributed by atoms with E-state index in [0.29, 0.717) is 12.1 Å². The van der Waals surface area contributed by atoms with Gasteiger partial charge in [0.25, 0.3) is 0 Å². The molecule has 5 heteroatoms. The van der Waals surface area contributed by atoms with Gasteiger partial charge in [0.15, 0.2) is 5.65 Å². The third-order valence-corrected chi connectivity index (χ3v) is 2.26. The first-order valence-electron chi connectivity index (χ1n) is 5.47. The third-order valence-electron chi connectivity index (χ3n) is 2.26. The molecule has 0 aliphatic carbocycles. The first kappa shape index (κ1) is 11.9. The van der Waals surface area contributed by atoms with Crippen molar-refractivity contribution in [3.05, 3.63) is 54.7 Å². The number of imidazole rings is 1. The number of aromatic nitrogens is 4. The van der Waals surface area contributed by atoms with Crippen molar-refractivity contribution in [3.8, 4) is 0 Å². The molecule has 18 heavy (non-hydrogen) atoms. The van der Waals surface area contributed by atoms with Crippen molar-refractivity contribution in [3.63, 3.8) is 0 Å². The van der Waals surface area contributed by atoms with Gasteiger partial charge in [-0.1, -0.05) is 30.3 Å². The average molecular weight is 240 g/mol. The summed E-state index contributed by atoms with van der Waals surface area (Å²) < 4.78 is 0. The van der Waals surface area contributed by atoms with E-state index in [0.717, 1.165) is 17.4 Å². The van der Waals surface area contributed by atoms with E-state index < -0.39 is 0 Å². The van der Waals surface area contributed by atoms with Gasteiger partial charge in [-0.3, -0.25) is 0 Å². The van der Waals surface area contributed by atoms with E-state index in [9.17, 15) is 4.79 Å². The van der Waals surface area contributed by atoms with E-state index in [4.69, 9.17) is 0 Å². The number of aromatic amines is 1. The highest BCUT2D eigenvalue weighted by Gasteiger charge is 1.91. The van der Waals surface area contributed by atoms with E-state index in [1.807, 2.05) is 30.3 Å². The zero-order valence-corrected chi connectivity index (χ0v) is 9.65. The molecule has 0 bridgehead atoms. The highest BCUT2D eigenvalue weighted by molar-refractivity contribution is 5.67. The first-order valence-corrected chi connectivity index (χ1v) is 5.47. The Morgan fingerprint density at radius 1 is 1.17 bits per heavy atom. The largest absolute Gasteiger partial charge is 0.342 e.